The van der Waals surface area contributed by atoms with Crippen molar-refractivity contribution in [3.63, 3.8) is 0 Å². The van der Waals surface area contributed by atoms with E-state index >= 15 is 0 Å². The molecule has 1 amide bonds. The van der Waals surface area contributed by atoms with Gasteiger partial charge in [0.25, 0.3) is 0 Å². The Balaban J connectivity index is 1.54. The molecule has 2 aromatic rings. The monoisotopic (exact) mass is 469 g/mol. The second-order valence-electron chi connectivity index (χ2n) is 10.7. The van der Waals surface area contributed by atoms with Crippen molar-refractivity contribution >= 4 is 6.09 Å². The highest BCUT2D eigenvalue weighted by Gasteiger charge is 2.37. The van der Waals surface area contributed by atoms with E-state index in [1.165, 1.54) is 30.7 Å². The summed E-state index contributed by atoms with van der Waals surface area (Å²) in [7, 11) is 0. The zero-order valence-corrected chi connectivity index (χ0v) is 20.6. The first-order valence-electron chi connectivity index (χ1n) is 12.8. The van der Waals surface area contributed by atoms with Gasteiger partial charge in [-0.25, -0.2) is 13.6 Å². The van der Waals surface area contributed by atoms with Gasteiger partial charge in [-0.05, 0) is 84.7 Å². The fourth-order valence-electron chi connectivity index (χ4n) is 6.04. The van der Waals surface area contributed by atoms with E-state index in [4.69, 9.17) is 4.74 Å². The third-order valence-corrected chi connectivity index (χ3v) is 7.82. The summed E-state index contributed by atoms with van der Waals surface area (Å²) in [5.41, 5.74) is 1.62. The zero-order valence-electron chi connectivity index (χ0n) is 20.6. The van der Waals surface area contributed by atoms with Crippen molar-refractivity contribution in [2.75, 3.05) is 13.1 Å². The molecule has 1 aliphatic heterocycles. The number of piperidine rings is 1. The summed E-state index contributed by atoms with van der Waals surface area (Å²) in [5, 5.41) is 0. The van der Waals surface area contributed by atoms with Gasteiger partial charge >= 0.3 is 6.09 Å². The Hall–Kier alpha value is -2.43. The van der Waals surface area contributed by atoms with Crippen molar-refractivity contribution in [2.24, 2.45) is 23.7 Å². The molecule has 5 heteroatoms. The number of benzene rings is 2. The van der Waals surface area contributed by atoms with Crippen LogP contribution in [0.4, 0.5) is 13.6 Å². The van der Waals surface area contributed by atoms with Crippen LogP contribution >= 0.6 is 0 Å². The van der Waals surface area contributed by atoms with Crippen LogP contribution in [0, 0.1) is 35.3 Å². The zero-order chi connectivity index (χ0) is 24.2. The largest absolute Gasteiger partial charge is 0.446 e. The molecule has 1 heterocycles. The van der Waals surface area contributed by atoms with Gasteiger partial charge in [-0.3, -0.25) is 0 Å². The van der Waals surface area contributed by atoms with Gasteiger partial charge in [0, 0.05) is 19.0 Å². The summed E-state index contributed by atoms with van der Waals surface area (Å²) >= 11 is 0. The molecule has 0 aromatic heterocycles. The molecule has 184 valence electrons. The molecule has 4 rings (SSSR count). The maximum Gasteiger partial charge on any atom is 0.410 e. The van der Waals surface area contributed by atoms with Crippen molar-refractivity contribution < 1.29 is 18.3 Å². The van der Waals surface area contributed by atoms with Gasteiger partial charge in [0.15, 0.2) is 0 Å². The fraction of sp³-hybridized carbons (Fsp3) is 0.552. The summed E-state index contributed by atoms with van der Waals surface area (Å²) < 4.78 is 34.4. The quantitative estimate of drug-likeness (QED) is 0.456. The van der Waals surface area contributed by atoms with Crippen molar-refractivity contribution in [2.45, 2.75) is 64.9 Å². The van der Waals surface area contributed by atoms with E-state index in [1.807, 2.05) is 17.0 Å². The van der Waals surface area contributed by atoms with E-state index in [2.05, 4.69) is 20.8 Å². The lowest BCUT2D eigenvalue weighted by Crippen LogP contribution is -2.45. The topological polar surface area (TPSA) is 29.5 Å². The lowest BCUT2D eigenvalue weighted by molar-refractivity contribution is -0.0153. The van der Waals surface area contributed by atoms with Crippen LogP contribution in [0.15, 0.2) is 48.5 Å². The number of nitrogens with zero attached hydrogens (tertiary/aromatic N) is 1. The molecule has 2 unspecified atom stereocenters. The molecule has 34 heavy (non-hydrogen) atoms. The Morgan fingerprint density at radius 2 is 1.65 bits per heavy atom. The van der Waals surface area contributed by atoms with E-state index in [-0.39, 0.29) is 35.7 Å². The number of carbonyl (C=O) groups excluding carboxylic acids is 1. The van der Waals surface area contributed by atoms with Gasteiger partial charge in [0.2, 0.25) is 0 Å². The maximum absolute atomic E-state index is 14.1. The third-order valence-electron chi connectivity index (χ3n) is 7.82. The smallest absolute Gasteiger partial charge is 0.410 e. The lowest BCUT2D eigenvalue weighted by Gasteiger charge is -2.40. The van der Waals surface area contributed by atoms with Crippen LogP contribution in [-0.4, -0.2) is 30.2 Å². The van der Waals surface area contributed by atoms with Gasteiger partial charge in [0.1, 0.15) is 17.7 Å². The number of hydrogen-bond acceptors (Lipinski definition) is 2. The van der Waals surface area contributed by atoms with E-state index in [0.717, 1.165) is 36.8 Å². The third kappa shape index (κ3) is 5.79. The number of rotatable bonds is 5. The first-order valence-corrected chi connectivity index (χ1v) is 12.8. The molecule has 1 saturated heterocycles. The molecular formula is C29H37F2NO2. The number of hydrogen-bond donors (Lipinski definition) is 0. The van der Waals surface area contributed by atoms with Crippen LogP contribution < -0.4 is 0 Å². The fourth-order valence-corrected chi connectivity index (χ4v) is 6.04. The summed E-state index contributed by atoms with van der Waals surface area (Å²) in [6.07, 6.45) is 4.64. The highest BCUT2D eigenvalue weighted by molar-refractivity contribution is 5.68. The molecule has 2 aromatic carbocycles. The highest BCUT2D eigenvalue weighted by Crippen LogP contribution is 2.39. The van der Waals surface area contributed by atoms with Crippen molar-refractivity contribution in [1.82, 2.24) is 4.90 Å². The summed E-state index contributed by atoms with van der Waals surface area (Å²) in [6.45, 7) is 7.83. The maximum atomic E-state index is 14.1. The first kappa shape index (κ1) is 24.7. The van der Waals surface area contributed by atoms with Gasteiger partial charge in [-0.1, -0.05) is 51.5 Å². The number of likely N-dealkylation sites (tertiary alicyclic amines) is 1. The molecule has 0 N–H and O–H groups in total. The molecule has 1 aliphatic carbocycles. The standard InChI is InChI=1S/C29H37F2NO2/c1-19(2)26-13-12-20(3)15-27(26)34-29(33)32-14-6-9-23(18-32)28(21-7-4-10-24(30)16-21)22-8-5-11-25(31)17-22/h4-5,7-8,10-11,16-17,19-20,23,26-28H,6,9,12-15,18H2,1-3H3/t20?,23-,26-,27?/m0/s1. The number of halogens is 2. The molecular weight excluding hydrogens is 432 g/mol. The Labute approximate surface area is 202 Å². The normalized spacial score (nSPS) is 25.6. The number of ether oxygens (including phenoxy) is 1. The van der Waals surface area contributed by atoms with Gasteiger partial charge in [0.05, 0.1) is 0 Å². The first-order chi connectivity index (χ1) is 16.3. The Kier molecular flexibility index (Phi) is 7.90. The lowest BCUT2D eigenvalue weighted by atomic mass is 9.75. The Bertz CT molecular complexity index is 933. The summed E-state index contributed by atoms with van der Waals surface area (Å²) in [6, 6.07) is 13.1. The van der Waals surface area contributed by atoms with Gasteiger partial charge < -0.3 is 9.64 Å². The molecule has 0 spiro atoms. The SMILES string of the molecule is CC1CC[C@@H](C(C)C)C(OC(=O)N2CCC[C@H](C(c3cccc(F)c3)c3cccc(F)c3)C2)C1. The van der Waals surface area contributed by atoms with Crippen molar-refractivity contribution in [1.29, 1.82) is 0 Å². The minimum Gasteiger partial charge on any atom is -0.446 e. The molecule has 3 nitrogen and oxygen atoms in total. The molecule has 2 aliphatic rings. The number of carbonyl (C=O) groups is 1. The van der Waals surface area contributed by atoms with Gasteiger partial charge in [-0.2, -0.15) is 0 Å². The van der Waals surface area contributed by atoms with Crippen LogP contribution in [0.5, 0.6) is 0 Å². The average Bonchev–Trinajstić information content (AvgIpc) is 2.79. The van der Waals surface area contributed by atoms with Crippen LogP contribution in [0.3, 0.4) is 0 Å². The average molecular weight is 470 g/mol. The minimum atomic E-state index is -0.308. The van der Waals surface area contributed by atoms with Gasteiger partial charge in [-0.15, -0.1) is 0 Å². The summed E-state index contributed by atoms with van der Waals surface area (Å²) in [5.74, 6) is 0.676. The van der Waals surface area contributed by atoms with E-state index < -0.39 is 0 Å². The minimum absolute atomic E-state index is 0.0427. The van der Waals surface area contributed by atoms with Crippen molar-refractivity contribution in [3.8, 4) is 0 Å². The molecule has 1 saturated carbocycles. The van der Waals surface area contributed by atoms with E-state index in [0.29, 0.717) is 30.8 Å². The summed E-state index contributed by atoms with van der Waals surface area (Å²) in [4.78, 5) is 15.1. The van der Waals surface area contributed by atoms with Crippen LogP contribution in [0.25, 0.3) is 0 Å². The highest BCUT2D eigenvalue weighted by atomic mass is 19.1. The molecule has 2 fully saturated rings. The number of amides is 1. The van der Waals surface area contributed by atoms with Crippen LogP contribution in [0.1, 0.15) is 69.9 Å². The second kappa shape index (κ2) is 10.9. The van der Waals surface area contributed by atoms with E-state index in [9.17, 15) is 13.6 Å². The Morgan fingerprint density at radius 1 is 1.00 bits per heavy atom. The molecule has 4 atom stereocenters. The van der Waals surface area contributed by atoms with Crippen LogP contribution in [-0.2, 0) is 4.74 Å². The van der Waals surface area contributed by atoms with Crippen molar-refractivity contribution in [3.05, 3.63) is 71.3 Å². The molecule has 0 radical (unpaired) electrons. The predicted octanol–water partition coefficient (Wildman–Crippen LogP) is 7.41. The van der Waals surface area contributed by atoms with Crippen LogP contribution in [0.2, 0.25) is 0 Å². The Morgan fingerprint density at radius 3 is 2.24 bits per heavy atom. The molecule has 0 bridgehead atoms. The second-order valence-corrected chi connectivity index (χ2v) is 10.7. The van der Waals surface area contributed by atoms with E-state index in [1.54, 1.807) is 12.1 Å². The predicted molar refractivity (Wildman–Crippen MR) is 131 cm³/mol.